The van der Waals surface area contributed by atoms with Gasteiger partial charge in [0.05, 0.1) is 15.6 Å². The molecular weight excluding hydrogens is 328 g/mol. The minimum absolute atomic E-state index is 0.0221. The Morgan fingerprint density at radius 2 is 1.95 bits per heavy atom. The van der Waals surface area contributed by atoms with Crippen molar-refractivity contribution in [3.8, 4) is 0 Å². The number of rotatable bonds is 3. The first kappa shape index (κ1) is 14.9. The minimum atomic E-state index is -1.13. The van der Waals surface area contributed by atoms with Gasteiger partial charge in [0, 0.05) is 11.8 Å². The van der Waals surface area contributed by atoms with Crippen molar-refractivity contribution in [3.63, 3.8) is 0 Å². The molecule has 0 aliphatic carbocycles. The van der Waals surface area contributed by atoms with Crippen LogP contribution in [0.25, 0.3) is 10.9 Å². The summed E-state index contributed by atoms with van der Waals surface area (Å²) in [5, 5.41) is 10.7. The molecule has 6 heteroatoms. The van der Waals surface area contributed by atoms with Gasteiger partial charge in [0.1, 0.15) is 11.5 Å². The van der Waals surface area contributed by atoms with Crippen LogP contribution in [0.1, 0.15) is 21.6 Å². The molecule has 1 heterocycles. The quantitative estimate of drug-likeness (QED) is 0.713. The fourth-order valence-electron chi connectivity index (χ4n) is 2.46. The number of H-pyrrole nitrogens is 1. The van der Waals surface area contributed by atoms with E-state index in [0.717, 1.165) is 5.56 Å². The number of nitrogens with one attached hydrogen (secondary N) is 1. The zero-order chi connectivity index (χ0) is 15.9. The SMILES string of the molecule is O=C(O)c1[nH]c2c(F)cccc2c1Cc1ccc(Cl)c(Cl)c1. The van der Waals surface area contributed by atoms with Crippen LogP contribution in [0.2, 0.25) is 10.0 Å². The van der Waals surface area contributed by atoms with Crippen LogP contribution in [0.15, 0.2) is 36.4 Å². The maximum Gasteiger partial charge on any atom is 0.352 e. The zero-order valence-corrected chi connectivity index (χ0v) is 12.7. The molecule has 3 rings (SSSR count). The molecule has 0 aliphatic heterocycles. The van der Waals surface area contributed by atoms with Gasteiger partial charge in [-0.1, -0.05) is 41.4 Å². The summed E-state index contributed by atoms with van der Waals surface area (Å²) in [5.74, 6) is -1.62. The van der Waals surface area contributed by atoms with Gasteiger partial charge in [-0.3, -0.25) is 0 Å². The fraction of sp³-hybridized carbons (Fsp3) is 0.0625. The number of carbonyl (C=O) groups is 1. The van der Waals surface area contributed by atoms with Crippen LogP contribution in [-0.2, 0) is 6.42 Å². The van der Waals surface area contributed by atoms with E-state index in [9.17, 15) is 14.3 Å². The molecule has 112 valence electrons. The van der Waals surface area contributed by atoms with Crippen LogP contribution in [0.3, 0.4) is 0 Å². The summed E-state index contributed by atoms with van der Waals surface area (Å²) in [4.78, 5) is 14.1. The molecule has 0 saturated heterocycles. The largest absolute Gasteiger partial charge is 0.477 e. The number of carboxylic acids is 1. The summed E-state index contributed by atoms with van der Waals surface area (Å²) in [6, 6.07) is 9.61. The molecule has 3 nitrogen and oxygen atoms in total. The fourth-order valence-corrected chi connectivity index (χ4v) is 2.78. The third-order valence-electron chi connectivity index (χ3n) is 3.47. The number of hydrogen-bond acceptors (Lipinski definition) is 1. The monoisotopic (exact) mass is 337 g/mol. The number of aromatic carboxylic acids is 1. The maximum absolute atomic E-state index is 13.8. The second-order valence-corrected chi connectivity index (χ2v) is 5.69. The van der Waals surface area contributed by atoms with E-state index in [4.69, 9.17) is 23.2 Å². The summed E-state index contributed by atoms with van der Waals surface area (Å²) in [6.07, 6.45) is 0.308. The molecule has 0 fully saturated rings. The van der Waals surface area contributed by atoms with Gasteiger partial charge in [0.15, 0.2) is 0 Å². The van der Waals surface area contributed by atoms with Crippen molar-refractivity contribution in [1.82, 2.24) is 4.98 Å². The Kier molecular flexibility index (Phi) is 3.81. The van der Waals surface area contributed by atoms with Crippen LogP contribution in [0.4, 0.5) is 4.39 Å². The Labute approximate surface area is 135 Å². The molecule has 0 bridgehead atoms. The second-order valence-electron chi connectivity index (χ2n) is 4.87. The lowest BCUT2D eigenvalue weighted by Crippen LogP contribution is -2.02. The Bertz CT molecular complexity index is 889. The lowest BCUT2D eigenvalue weighted by atomic mass is 10.0. The highest BCUT2D eigenvalue weighted by Gasteiger charge is 2.19. The molecule has 2 aromatic carbocycles. The van der Waals surface area contributed by atoms with E-state index in [2.05, 4.69) is 4.98 Å². The first-order chi connectivity index (χ1) is 10.5. The van der Waals surface area contributed by atoms with Gasteiger partial charge in [-0.25, -0.2) is 9.18 Å². The highest BCUT2D eigenvalue weighted by atomic mass is 35.5. The average Bonchev–Trinajstić information content (AvgIpc) is 2.84. The number of aromatic nitrogens is 1. The predicted molar refractivity (Wildman–Crippen MR) is 84.5 cm³/mol. The average molecular weight is 338 g/mol. The Morgan fingerprint density at radius 3 is 2.64 bits per heavy atom. The lowest BCUT2D eigenvalue weighted by molar-refractivity contribution is 0.0690. The van der Waals surface area contributed by atoms with Crippen molar-refractivity contribution >= 4 is 40.1 Å². The van der Waals surface area contributed by atoms with E-state index in [1.165, 1.54) is 6.07 Å². The number of hydrogen-bond donors (Lipinski definition) is 2. The molecule has 0 aliphatic rings. The third kappa shape index (κ3) is 2.56. The number of fused-ring (bicyclic) bond motifs is 1. The first-order valence-corrected chi connectivity index (χ1v) is 7.19. The minimum Gasteiger partial charge on any atom is -0.477 e. The molecule has 2 N–H and O–H groups in total. The second kappa shape index (κ2) is 5.63. The molecule has 22 heavy (non-hydrogen) atoms. The van der Waals surface area contributed by atoms with Crippen molar-refractivity contribution in [3.05, 3.63) is 69.1 Å². The molecule has 3 aromatic rings. The highest BCUT2D eigenvalue weighted by Crippen LogP contribution is 2.29. The number of benzene rings is 2. The van der Waals surface area contributed by atoms with E-state index in [0.29, 0.717) is 27.4 Å². The molecule has 0 spiro atoms. The number of para-hydroxylation sites is 1. The Balaban J connectivity index is 2.16. The Hall–Kier alpha value is -2.04. The predicted octanol–water partition coefficient (Wildman–Crippen LogP) is 4.90. The summed E-state index contributed by atoms with van der Waals surface area (Å²) in [6.45, 7) is 0. The number of halogens is 3. The molecule has 0 saturated carbocycles. The smallest absolute Gasteiger partial charge is 0.352 e. The van der Waals surface area contributed by atoms with E-state index < -0.39 is 11.8 Å². The topological polar surface area (TPSA) is 53.1 Å². The highest BCUT2D eigenvalue weighted by molar-refractivity contribution is 6.42. The normalized spacial score (nSPS) is 11.0. The van der Waals surface area contributed by atoms with E-state index in [1.54, 1.807) is 30.3 Å². The molecule has 0 atom stereocenters. The van der Waals surface area contributed by atoms with Crippen molar-refractivity contribution in [2.45, 2.75) is 6.42 Å². The molecule has 1 aromatic heterocycles. The van der Waals surface area contributed by atoms with Crippen LogP contribution >= 0.6 is 23.2 Å². The van der Waals surface area contributed by atoms with Gasteiger partial charge in [-0.15, -0.1) is 0 Å². The Morgan fingerprint density at radius 1 is 1.18 bits per heavy atom. The van der Waals surface area contributed by atoms with Crippen molar-refractivity contribution in [2.24, 2.45) is 0 Å². The molecule has 0 unspecified atom stereocenters. The van der Waals surface area contributed by atoms with Gasteiger partial charge in [0.25, 0.3) is 0 Å². The van der Waals surface area contributed by atoms with E-state index in [1.807, 2.05) is 0 Å². The van der Waals surface area contributed by atoms with E-state index in [-0.39, 0.29) is 11.2 Å². The third-order valence-corrected chi connectivity index (χ3v) is 4.21. The van der Waals surface area contributed by atoms with Gasteiger partial charge < -0.3 is 10.1 Å². The van der Waals surface area contributed by atoms with Gasteiger partial charge >= 0.3 is 5.97 Å². The molecular formula is C16H10Cl2FNO2. The van der Waals surface area contributed by atoms with Crippen molar-refractivity contribution < 1.29 is 14.3 Å². The van der Waals surface area contributed by atoms with Gasteiger partial charge in [0.2, 0.25) is 0 Å². The van der Waals surface area contributed by atoms with Gasteiger partial charge in [-0.2, -0.15) is 0 Å². The van der Waals surface area contributed by atoms with Crippen LogP contribution in [-0.4, -0.2) is 16.1 Å². The van der Waals surface area contributed by atoms with Gasteiger partial charge in [-0.05, 0) is 29.3 Å². The zero-order valence-electron chi connectivity index (χ0n) is 11.2. The summed E-state index contributed by atoms with van der Waals surface area (Å²) < 4.78 is 13.8. The number of aromatic amines is 1. The van der Waals surface area contributed by atoms with Crippen LogP contribution < -0.4 is 0 Å². The summed E-state index contributed by atoms with van der Waals surface area (Å²) in [5.41, 5.74) is 1.48. The standard InChI is InChI=1S/C16H10Cl2FNO2/c17-11-5-4-8(7-12(11)18)6-10-9-2-1-3-13(19)14(9)20-15(10)16(21)22/h1-5,7,20H,6H2,(H,21,22). The molecule has 0 radical (unpaired) electrons. The first-order valence-electron chi connectivity index (χ1n) is 6.43. The van der Waals surface area contributed by atoms with Crippen molar-refractivity contribution in [1.29, 1.82) is 0 Å². The van der Waals surface area contributed by atoms with Crippen LogP contribution in [0, 0.1) is 5.82 Å². The van der Waals surface area contributed by atoms with E-state index >= 15 is 0 Å². The lowest BCUT2D eigenvalue weighted by Gasteiger charge is -2.04. The van der Waals surface area contributed by atoms with Crippen LogP contribution in [0.5, 0.6) is 0 Å². The number of carboxylic acid groups (broad SMARTS) is 1. The molecule has 0 amide bonds. The maximum atomic E-state index is 13.8. The summed E-state index contributed by atoms with van der Waals surface area (Å²) in [7, 11) is 0. The van der Waals surface area contributed by atoms with Crippen molar-refractivity contribution in [2.75, 3.05) is 0 Å². The summed E-state index contributed by atoms with van der Waals surface area (Å²) >= 11 is 11.9.